The predicted molar refractivity (Wildman–Crippen MR) is 112 cm³/mol. The standard InChI is InChI=1S/C17H28N6OS.2ClH/c1-11-20-17(22-21-11)25-10-16(24)19-9-15-13-6-12(7-18-8-13)14-4-2-3-5-23(14)15;;/h12-15,18H,2-10H2,1H3,(H,19,24)(H,20,21,22);2*1H/t12-,13+,14+,15+;;/m1../s1. The number of halogens is 2. The van der Waals surface area contributed by atoms with Crippen molar-refractivity contribution in [1.82, 2.24) is 30.7 Å². The summed E-state index contributed by atoms with van der Waals surface area (Å²) < 4.78 is 0. The van der Waals surface area contributed by atoms with E-state index in [2.05, 4.69) is 30.7 Å². The number of H-pyrrole nitrogens is 1. The van der Waals surface area contributed by atoms with E-state index in [-0.39, 0.29) is 30.7 Å². The number of hydrogen-bond acceptors (Lipinski definition) is 6. The van der Waals surface area contributed by atoms with E-state index < -0.39 is 0 Å². The lowest BCUT2D eigenvalue weighted by Gasteiger charge is -2.55. The minimum absolute atomic E-state index is 0. The van der Waals surface area contributed by atoms with Crippen LogP contribution in [0, 0.1) is 18.8 Å². The van der Waals surface area contributed by atoms with Crippen LogP contribution in [0.25, 0.3) is 0 Å². The predicted octanol–water partition coefficient (Wildman–Crippen LogP) is 1.63. The molecule has 154 valence electrons. The highest BCUT2D eigenvalue weighted by Crippen LogP contribution is 2.38. The minimum Gasteiger partial charge on any atom is -0.354 e. The van der Waals surface area contributed by atoms with Crippen LogP contribution in [-0.4, -0.2) is 70.0 Å². The Labute approximate surface area is 177 Å². The second-order valence-corrected chi connectivity index (χ2v) is 8.52. The van der Waals surface area contributed by atoms with Crippen molar-refractivity contribution in [2.75, 3.05) is 31.9 Å². The fourth-order valence-corrected chi connectivity index (χ4v) is 5.51. The number of thioether (sulfide) groups is 1. The number of carbonyl (C=O) groups is 1. The van der Waals surface area contributed by atoms with Crippen molar-refractivity contribution in [1.29, 1.82) is 0 Å². The maximum absolute atomic E-state index is 12.3. The molecular weight excluding hydrogens is 407 g/mol. The average Bonchev–Trinajstić information content (AvgIpc) is 3.05. The molecule has 3 fully saturated rings. The molecule has 3 saturated heterocycles. The van der Waals surface area contributed by atoms with Crippen LogP contribution in [0.2, 0.25) is 0 Å². The molecule has 3 aliphatic rings. The lowest BCUT2D eigenvalue weighted by molar-refractivity contribution is -0.119. The fourth-order valence-electron chi connectivity index (χ4n) is 4.83. The van der Waals surface area contributed by atoms with Crippen LogP contribution in [0.4, 0.5) is 0 Å². The van der Waals surface area contributed by atoms with Crippen LogP contribution >= 0.6 is 36.6 Å². The molecule has 0 spiro atoms. The first kappa shape index (κ1) is 22.7. The van der Waals surface area contributed by atoms with E-state index in [0.29, 0.717) is 28.9 Å². The molecule has 1 aromatic heterocycles. The van der Waals surface area contributed by atoms with Crippen LogP contribution in [0.15, 0.2) is 5.16 Å². The lowest BCUT2D eigenvalue weighted by Crippen LogP contribution is -2.65. The molecule has 2 bridgehead atoms. The van der Waals surface area contributed by atoms with Crippen molar-refractivity contribution in [3.63, 3.8) is 0 Å². The summed E-state index contributed by atoms with van der Waals surface area (Å²) in [5.41, 5.74) is 0. The average molecular weight is 437 g/mol. The summed E-state index contributed by atoms with van der Waals surface area (Å²) in [5, 5.41) is 14.3. The number of aromatic nitrogens is 3. The van der Waals surface area contributed by atoms with Gasteiger partial charge in [0, 0.05) is 18.6 Å². The fraction of sp³-hybridized carbons (Fsp3) is 0.824. The first-order valence-electron chi connectivity index (χ1n) is 9.45. The second kappa shape index (κ2) is 10.3. The molecule has 3 N–H and O–H groups in total. The number of aromatic amines is 1. The summed E-state index contributed by atoms with van der Waals surface area (Å²) in [7, 11) is 0. The summed E-state index contributed by atoms with van der Waals surface area (Å²) in [5.74, 6) is 2.69. The van der Waals surface area contributed by atoms with Gasteiger partial charge in [-0.1, -0.05) is 18.2 Å². The van der Waals surface area contributed by atoms with Crippen LogP contribution in [0.5, 0.6) is 0 Å². The molecule has 4 atom stereocenters. The van der Waals surface area contributed by atoms with Crippen molar-refractivity contribution in [2.24, 2.45) is 11.8 Å². The summed E-state index contributed by atoms with van der Waals surface area (Å²) in [4.78, 5) is 19.2. The van der Waals surface area contributed by atoms with Gasteiger partial charge in [-0.05, 0) is 57.7 Å². The molecule has 0 aliphatic carbocycles. The molecule has 0 aromatic carbocycles. The number of nitrogens with one attached hydrogen (secondary N) is 3. The summed E-state index contributed by atoms with van der Waals surface area (Å²) in [6, 6.07) is 1.19. The first-order chi connectivity index (χ1) is 12.2. The third kappa shape index (κ3) is 5.29. The highest BCUT2D eigenvalue weighted by molar-refractivity contribution is 7.99. The van der Waals surface area contributed by atoms with E-state index in [4.69, 9.17) is 0 Å². The van der Waals surface area contributed by atoms with E-state index in [0.717, 1.165) is 24.8 Å². The zero-order chi connectivity index (χ0) is 17.2. The molecule has 1 amide bonds. The van der Waals surface area contributed by atoms with E-state index in [1.807, 2.05) is 6.92 Å². The SMILES string of the molecule is Cc1nc(SCC(=O)NC[C@H]2[C@@H]3CNC[C@@H](C3)[C@@H]3CCCCN32)n[nH]1.Cl.Cl. The maximum atomic E-state index is 12.3. The second-order valence-electron chi connectivity index (χ2n) is 7.58. The molecule has 1 aromatic rings. The van der Waals surface area contributed by atoms with Crippen LogP contribution < -0.4 is 10.6 Å². The molecule has 0 radical (unpaired) electrons. The van der Waals surface area contributed by atoms with Gasteiger partial charge < -0.3 is 10.6 Å². The van der Waals surface area contributed by atoms with Gasteiger partial charge in [0.05, 0.1) is 5.75 Å². The third-order valence-electron chi connectivity index (χ3n) is 5.94. The Kier molecular flexibility index (Phi) is 8.68. The molecular formula is C17H30Cl2N6OS. The lowest BCUT2D eigenvalue weighted by atomic mass is 9.73. The summed E-state index contributed by atoms with van der Waals surface area (Å²) in [6.07, 6.45) is 5.30. The van der Waals surface area contributed by atoms with Gasteiger partial charge in [0.25, 0.3) is 0 Å². The number of nitrogens with zero attached hydrogens (tertiary/aromatic N) is 3. The topological polar surface area (TPSA) is 85.9 Å². The highest BCUT2D eigenvalue weighted by Gasteiger charge is 2.45. The van der Waals surface area contributed by atoms with E-state index in [9.17, 15) is 4.79 Å². The van der Waals surface area contributed by atoms with Crippen molar-refractivity contribution in [3.8, 4) is 0 Å². The molecule has 7 nitrogen and oxygen atoms in total. The van der Waals surface area contributed by atoms with Gasteiger partial charge in [-0.25, -0.2) is 4.98 Å². The van der Waals surface area contributed by atoms with Crippen LogP contribution in [0.1, 0.15) is 31.5 Å². The zero-order valence-corrected chi connectivity index (χ0v) is 18.1. The highest BCUT2D eigenvalue weighted by atomic mass is 35.5. The van der Waals surface area contributed by atoms with Gasteiger partial charge in [0.1, 0.15) is 5.82 Å². The molecule has 27 heavy (non-hydrogen) atoms. The zero-order valence-electron chi connectivity index (χ0n) is 15.6. The minimum atomic E-state index is 0. The van der Waals surface area contributed by atoms with Crippen molar-refractivity contribution < 1.29 is 4.79 Å². The van der Waals surface area contributed by atoms with Gasteiger partial charge in [0.15, 0.2) is 0 Å². The number of rotatable bonds is 5. The van der Waals surface area contributed by atoms with Gasteiger partial charge in [-0.3, -0.25) is 14.8 Å². The Morgan fingerprint density at radius 2 is 2.11 bits per heavy atom. The monoisotopic (exact) mass is 436 g/mol. The van der Waals surface area contributed by atoms with Gasteiger partial charge >= 0.3 is 0 Å². The number of hydrogen-bond donors (Lipinski definition) is 3. The first-order valence-corrected chi connectivity index (χ1v) is 10.4. The van der Waals surface area contributed by atoms with Crippen molar-refractivity contribution >= 4 is 42.5 Å². The summed E-state index contributed by atoms with van der Waals surface area (Å²) >= 11 is 1.39. The van der Waals surface area contributed by atoms with Gasteiger partial charge in [-0.15, -0.1) is 29.9 Å². The third-order valence-corrected chi connectivity index (χ3v) is 6.79. The van der Waals surface area contributed by atoms with E-state index >= 15 is 0 Å². The quantitative estimate of drug-likeness (QED) is 0.608. The Morgan fingerprint density at radius 3 is 2.89 bits per heavy atom. The largest absolute Gasteiger partial charge is 0.354 e. The normalized spacial score (nSPS) is 29.8. The number of fused-ring (bicyclic) bond motifs is 4. The van der Waals surface area contributed by atoms with Gasteiger partial charge in [-0.2, -0.15) is 0 Å². The van der Waals surface area contributed by atoms with Crippen LogP contribution in [-0.2, 0) is 4.79 Å². The van der Waals surface area contributed by atoms with E-state index in [1.54, 1.807) is 0 Å². The van der Waals surface area contributed by atoms with Crippen LogP contribution in [0.3, 0.4) is 0 Å². The number of piperidine rings is 3. The Hall–Kier alpha value is -0.540. The van der Waals surface area contributed by atoms with E-state index in [1.165, 1.54) is 50.5 Å². The summed E-state index contributed by atoms with van der Waals surface area (Å²) in [6.45, 7) is 6.08. The molecule has 0 unspecified atom stereocenters. The Balaban J connectivity index is 0.00000131. The maximum Gasteiger partial charge on any atom is 0.230 e. The Bertz CT molecular complexity index is 618. The number of aryl methyl sites for hydroxylation is 1. The van der Waals surface area contributed by atoms with Crippen molar-refractivity contribution in [3.05, 3.63) is 5.82 Å². The number of carbonyl (C=O) groups excluding carboxylic acids is 1. The molecule has 4 heterocycles. The molecule has 3 aliphatic heterocycles. The smallest absolute Gasteiger partial charge is 0.230 e. The van der Waals surface area contributed by atoms with Gasteiger partial charge in [0.2, 0.25) is 11.1 Å². The molecule has 0 saturated carbocycles. The Morgan fingerprint density at radius 1 is 1.30 bits per heavy atom. The molecule has 4 rings (SSSR count). The number of amides is 1. The van der Waals surface area contributed by atoms with Crippen molar-refractivity contribution in [2.45, 2.75) is 49.8 Å². The molecule has 10 heteroatoms.